The number of aryl methyl sites for hydroxylation is 1. The van der Waals surface area contributed by atoms with Gasteiger partial charge in [0.1, 0.15) is 10.6 Å². The van der Waals surface area contributed by atoms with E-state index in [1.807, 2.05) is 17.9 Å². The summed E-state index contributed by atoms with van der Waals surface area (Å²) >= 11 is 0. The molecule has 1 saturated heterocycles. The third-order valence-electron chi connectivity index (χ3n) is 4.13. The highest BCUT2D eigenvalue weighted by Crippen LogP contribution is 2.28. The van der Waals surface area contributed by atoms with Crippen molar-refractivity contribution in [2.24, 2.45) is 0 Å². The number of nitrogens with zero attached hydrogens (tertiary/aromatic N) is 3. The molecule has 7 nitrogen and oxygen atoms in total. The van der Waals surface area contributed by atoms with Crippen LogP contribution in [0.25, 0.3) is 0 Å². The van der Waals surface area contributed by atoms with E-state index in [2.05, 4.69) is 0 Å². The number of ether oxygens (including phenoxy) is 1. The Morgan fingerprint density at radius 3 is 2.38 bits per heavy atom. The summed E-state index contributed by atoms with van der Waals surface area (Å²) in [5.74, 6) is 0.373. The van der Waals surface area contributed by atoms with Gasteiger partial charge in [0, 0.05) is 40.3 Å². The number of hydrogen-bond donors (Lipinski definition) is 0. The van der Waals surface area contributed by atoms with Gasteiger partial charge in [-0.1, -0.05) is 6.07 Å². The molecule has 0 bridgehead atoms. The number of hydrogen-bond acceptors (Lipinski definition) is 5. The second-order valence-electron chi connectivity index (χ2n) is 6.12. The lowest BCUT2D eigenvalue weighted by Gasteiger charge is -2.34. The lowest BCUT2D eigenvalue weighted by molar-refractivity contribution is -0.130. The molecule has 1 heterocycles. The maximum absolute atomic E-state index is 12.9. The Labute approximate surface area is 143 Å². The second-order valence-corrected chi connectivity index (χ2v) is 8.03. The molecule has 1 amide bonds. The van der Waals surface area contributed by atoms with E-state index in [4.69, 9.17) is 4.74 Å². The van der Waals surface area contributed by atoms with Crippen molar-refractivity contribution in [2.45, 2.75) is 11.8 Å². The van der Waals surface area contributed by atoms with Crippen molar-refractivity contribution < 1.29 is 17.9 Å². The first kappa shape index (κ1) is 18.7. The Hall–Kier alpha value is -1.64. The minimum absolute atomic E-state index is 0.0201. The number of carbonyl (C=O) groups is 1. The fraction of sp³-hybridized carbons (Fsp3) is 0.562. The molecule has 0 saturated carbocycles. The van der Waals surface area contributed by atoms with E-state index in [0.29, 0.717) is 38.5 Å². The van der Waals surface area contributed by atoms with Crippen molar-refractivity contribution in [1.82, 2.24) is 14.1 Å². The molecule has 0 spiro atoms. The van der Waals surface area contributed by atoms with Crippen molar-refractivity contribution in [2.75, 3.05) is 53.9 Å². The smallest absolute Gasteiger partial charge is 0.246 e. The van der Waals surface area contributed by atoms with Crippen LogP contribution in [-0.2, 0) is 14.8 Å². The lowest BCUT2D eigenvalue weighted by atomic mass is 10.2. The van der Waals surface area contributed by atoms with Crippen molar-refractivity contribution in [3.8, 4) is 5.75 Å². The first-order valence-corrected chi connectivity index (χ1v) is 9.27. The van der Waals surface area contributed by atoms with E-state index in [1.54, 1.807) is 31.1 Å². The average molecular weight is 355 g/mol. The molecule has 1 aliphatic rings. The highest BCUT2D eigenvalue weighted by molar-refractivity contribution is 7.89. The number of sulfonamides is 1. The molecule has 134 valence electrons. The van der Waals surface area contributed by atoms with Gasteiger partial charge < -0.3 is 9.64 Å². The molecule has 2 rings (SSSR count). The van der Waals surface area contributed by atoms with Crippen molar-refractivity contribution in [3.63, 3.8) is 0 Å². The van der Waals surface area contributed by atoms with E-state index in [-0.39, 0.29) is 10.8 Å². The predicted molar refractivity (Wildman–Crippen MR) is 91.6 cm³/mol. The predicted octanol–water partition coefficient (Wildman–Crippen LogP) is 0.398. The van der Waals surface area contributed by atoms with E-state index < -0.39 is 10.0 Å². The number of methoxy groups -OCH3 is 1. The fourth-order valence-electron chi connectivity index (χ4n) is 2.59. The first-order valence-electron chi connectivity index (χ1n) is 7.83. The Balaban J connectivity index is 2.11. The van der Waals surface area contributed by atoms with E-state index in [9.17, 15) is 13.2 Å². The molecule has 0 aliphatic carbocycles. The van der Waals surface area contributed by atoms with Crippen LogP contribution in [0.5, 0.6) is 5.75 Å². The van der Waals surface area contributed by atoms with Gasteiger partial charge in [0.15, 0.2) is 0 Å². The lowest BCUT2D eigenvalue weighted by Crippen LogP contribution is -2.50. The van der Waals surface area contributed by atoms with Gasteiger partial charge in [0.2, 0.25) is 15.9 Å². The third kappa shape index (κ3) is 4.06. The van der Waals surface area contributed by atoms with Gasteiger partial charge >= 0.3 is 0 Å². The summed E-state index contributed by atoms with van der Waals surface area (Å²) in [5.41, 5.74) is 0.865. The van der Waals surface area contributed by atoms with Crippen LogP contribution in [0.4, 0.5) is 0 Å². The maximum Gasteiger partial charge on any atom is 0.246 e. The quantitative estimate of drug-likeness (QED) is 0.765. The number of rotatable bonds is 5. The fourth-order valence-corrected chi connectivity index (χ4v) is 4.25. The Bertz CT molecular complexity index is 695. The molecule has 0 aromatic heterocycles. The topological polar surface area (TPSA) is 70.2 Å². The number of likely N-dealkylation sites (N-methyl/N-ethyl adjacent to an activating group) is 1. The van der Waals surface area contributed by atoms with Gasteiger partial charge in [0.05, 0.1) is 13.7 Å². The summed E-state index contributed by atoms with van der Waals surface area (Å²) in [4.78, 5) is 15.5. The van der Waals surface area contributed by atoms with E-state index in [1.165, 1.54) is 11.4 Å². The highest BCUT2D eigenvalue weighted by atomic mass is 32.2. The molecule has 0 unspecified atom stereocenters. The summed E-state index contributed by atoms with van der Waals surface area (Å²) < 4.78 is 32.5. The maximum atomic E-state index is 12.9. The zero-order valence-electron chi connectivity index (χ0n) is 14.7. The van der Waals surface area contributed by atoms with Crippen molar-refractivity contribution >= 4 is 15.9 Å². The van der Waals surface area contributed by atoms with Crippen LogP contribution < -0.4 is 4.74 Å². The second kappa shape index (κ2) is 7.50. The summed E-state index contributed by atoms with van der Waals surface area (Å²) in [6.07, 6.45) is 0. The Kier molecular flexibility index (Phi) is 5.84. The molecule has 1 aliphatic heterocycles. The molecule has 1 aromatic rings. The molecule has 0 atom stereocenters. The van der Waals surface area contributed by atoms with Gasteiger partial charge in [-0.25, -0.2) is 8.42 Å². The minimum atomic E-state index is -3.61. The molecular weight excluding hydrogens is 330 g/mol. The third-order valence-corrected chi connectivity index (χ3v) is 6.05. The van der Waals surface area contributed by atoms with Gasteiger partial charge in [-0.3, -0.25) is 9.69 Å². The standard InChI is InChI=1S/C16H25N3O4S/c1-13-5-6-14(23-4)15(11-13)24(21,22)19-9-7-18(8-10-19)12-16(20)17(2)3/h5-6,11H,7-10,12H2,1-4H3. The minimum Gasteiger partial charge on any atom is -0.495 e. The van der Waals surface area contributed by atoms with Crippen LogP contribution in [0.2, 0.25) is 0 Å². The number of benzene rings is 1. The SMILES string of the molecule is COc1ccc(C)cc1S(=O)(=O)N1CCN(CC(=O)N(C)C)CC1. The zero-order valence-corrected chi connectivity index (χ0v) is 15.5. The Morgan fingerprint density at radius 1 is 1.21 bits per heavy atom. The number of piperazine rings is 1. The molecule has 1 fully saturated rings. The highest BCUT2D eigenvalue weighted by Gasteiger charge is 2.31. The van der Waals surface area contributed by atoms with Crippen molar-refractivity contribution in [1.29, 1.82) is 0 Å². The van der Waals surface area contributed by atoms with Gasteiger partial charge in [0.25, 0.3) is 0 Å². The largest absolute Gasteiger partial charge is 0.495 e. The van der Waals surface area contributed by atoms with Crippen LogP contribution in [0, 0.1) is 6.92 Å². The van der Waals surface area contributed by atoms with E-state index >= 15 is 0 Å². The van der Waals surface area contributed by atoms with Crippen LogP contribution in [-0.4, -0.2) is 82.4 Å². The molecule has 0 radical (unpaired) electrons. The monoisotopic (exact) mass is 355 g/mol. The zero-order chi connectivity index (χ0) is 17.9. The summed E-state index contributed by atoms with van der Waals surface area (Å²) in [6, 6.07) is 5.13. The number of amides is 1. The van der Waals surface area contributed by atoms with Crippen LogP contribution in [0.1, 0.15) is 5.56 Å². The normalized spacial score (nSPS) is 16.8. The molecular formula is C16H25N3O4S. The summed E-state index contributed by atoms with van der Waals surface area (Å²) in [5, 5.41) is 0. The molecule has 1 aromatic carbocycles. The molecule has 8 heteroatoms. The number of carbonyl (C=O) groups excluding carboxylic acids is 1. The summed E-state index contributed by atoms with van der Waals surface area (Å²) in [7, 11) is 1.29. The van der Waals surface area contributed by atoms with E-state index in [0.717, 1.165) is 5.56 Å². The average Bonchev–Trinajstić information content (AvgIpc) is 2.55. The van der Waals surface area contributed by atoms with Gasteiger partial charge in [-0.15, -0.1) is 0 Å². The van der Waals surface area contributed by atoms with Gasteiger partial charge in [-0.05, 0) is 24.6 Å². The van der Waals surface area contributed by atoms with Crippen LogP contribution >= 0.6 is 0 Å². The molecule has 24 heavy (non-hydrogen) atoms. The van der Waals surface area contributed by atoms with Crippen LogP contribution in [0.15, 0.2) is 23.1 Å². The van der Waals surface area contributed by atoms with Gasteiger partial charge in [-0.2, -0.15) is 4.31 Å². The molecule has 0 N–H and O–H groups in total. The first-order chi connectivity index (χ1) is 11.3. The Morgan fingerprint density at radius 2 is 1.83 bits per heavy atom. The van der Waals surface area contributed by atoms with Crippen molar-refractivity contribution in [3.05, 3.63) is 23.8 Å². The summed E-state index contributed by atoms with van der Waals surface area (Å²) in [6.45, 7) is 3.96. The van der Waals surface area contributed by atoms with Crippen LogP contribution in [0.3, 0.4) is 0 Å².